The van der Waals surface area contributed by atoms with Crippen molar-refractivity contribution in [3.63, 3.8) is 0 Å². The predicted molar refractivity (Wildman–Crippen MR) is 126 cm³/mol. The Hall–Kier alpha value is -3.98. The van der Waals surface area contributed by atoms with Gasteiger partial charge in [-0.1, -0.05) is 36.4 Å². The number of hydrazone groups is 1. The molecule has 2 N–H and O–H groups in total. The summed E-state index contributed by atoms with van der Waals surface area (Å²) in [5.41, 5.74) is 5.13. The molecule has 0 radical (unpaired) electrons. The number of carbonyl (C=O) groups excluding carboxylic acids is 1. The number of amides is 1. The van der Waals surface area contributed by atoms with Crippen LogP contribution in [0, 0.1) is 13.8 Å². The van der Waals surface area contributed by atoms with Crippen molar-refractivity contribution in [2.24, 2.45) is 5.10 Å². The molecule has 0 bridgehead atoms. The van der Waals surface area contributed by atoms with Crippen molar-refractivity contribution in [1.29, 1.82) is 0 Å². The molecule has 3 aromatic rings. The molecule has 3 aromatic carbocycles. The number of rotatable bonds is 8. The summed E-state index contributed by atoms with van der Waals surface area (Å²) in [7, 11) is -4.01. The van der Waals surface area contributed by atoms with Crippen LogP contribution in [0.4, 0.5) is 5.69 Å². The molecule has 0 aliphatic rings. The van der Waals surface area contributed by atoms with E-state index in [0.717, 1.165) is 15.4 Å². The fourth-order valence-corrected chi connectivity index (χ4v) is 4.61. The van der Waals surface area contributed by atoms with E-state index in [2.05, 4.69) is 10.5 Å². The highest BCUT2D eigenvalue weighted by molar-refractivity contribution is 7.92. The van der Waals surface area contributed by atoms with Gasteiger partial charge in [-0.2, -0.15) is 5.10 Å². The molecule has 0 aromatic heterocycles. The largest absolute Gasteiger partial charge is 0.478 e. The molecule has 0 unspecified atom stereocenters. The normalized spacial score (nSPS) is 11.3. The van der Waals surface area contributed by atoms with Crippen molar-refractivity contribution < 1.29 is 23.1 Å². The van der Waals surface area contributed by atoms with Gasteiger partial charge in [-0.05, 0) is 66.9 Å². The quantitative estimate of drug-likeness (QED) is 0.391. The van der Waals surface area contributed by atoms with Crippen molar-refractivity contribution in [2.45, 2.75) is 18.7 Å². The van der Waals surface area contributed by atoms with Gasteiger partial charge in [-0.3, -0.25) is 9.10 Å². The average molecular weight is 466 g/mol. The minimum Gasteiger partial charge on any atom is -0.478 e. The first-order valence-corrected chi connectivity index (χ1v) is 11.4. The predicted octanol–water partition coefficient (Wildman–Crippen LogP) is 3.35. The van der Waals surface area contributed by atoms with Crippen LogP contribution in [0.2, 0.25) is 0 Å². The topological polar surface area (TPSA) is 116 Å². The molecule has 0 spiro atoms. The standard InChI is InChI=1S/C24H23N3O5S/c1-17-12-18(2)14-21(13-17)27(33(31,32)22-6-4-3-5-7-22)16-23(28)26-25-15-19-8-10-20(11-9-19)24(29)30/h3-15H,16H2,1-2H3,(H,26,28)(H,29,30)/b25-15-. The first kappa shape index (κ1) is 23.7. The highest BCUT2D eigenvalue weighted by Gasteiger charge is 2.27. The Labute approximate surface area is 192 Å². The maximum Gasteiger partial charge on any atom is 0.335 e. The molecule has 0 fully saturated rings. The summed E-state index contributed by atoms with van der Waals surface area (Å²) in [5, 5.41) is 12.8. The summed E-state index contributed by atoms with van der Waals surface area (Å²) in [5.74, 6) is -1.68. The van der Waals surface area contributed by atoms with E-state index in [1.807, 2.05) is 19.9 Å². The maximum atomic E-state index is 13.3. The van der Waals surface area contributed by atoms with Gasteiger partial charge in [0.05, 0.1) is 22.4 Å². The second-order valence-electron chi connectivity index (χ2n) is 7.39. The molecule has 8 nitrogen and oxygen atoms in total. The first-order chi connectivity index (χ1) is 15.7. The van der Waals surface area contributed by atoms with Gasteiger partial charge in [0.25, 0.3) is 15.9 Å². The highest BCUT2D eigenvalue weighted by atomic mass is 32.2. The number of carbonyl (C=O) groups is 2. The Balaban J connectivity index is 1.82. The van der Waals surface area contributed by atoms with Gasteiger partial charge in [0.1, 0.15) is 6.54 Å². The SMILES string of the molecule is Cc1cc(C)cc(N(CC(=O)N/N=C\c2ccc(C(=O)O)cc2)S(=O)(=O)c2ccccc2)c1. The van der Waals surface area contributed by atoms with Gasteiger partial charge in [-0.25, -0.2) is 18.6 Å². The minimum absolute atomic E-state index is 0.0685. The number of nitrogens with one attached hydrogen (secondary N) is 1. The average Bonchev–Trinajstić information content (AvgIpc) is 2.77. The fraction of sp³-hybridized carbons (Fsp3) is 0.125. The molecule has 0 heterocycles. The van der Waals surface area contributed by atoms with Gasteiger partial charge in [-0.15, -0.1) is 0 Å². The lowest BCUT2D eigenvalue weighted by atomic mass is 10.1. The number of anilines is 1. The van der Waals surface area contributed by atoms with Crippen LogP contribution in [0.15, 0.2) is 82.8 Å². The summed E-state index contributed by atoms with van der Waals surface area (Å²) >= 11 is 0. The zero-order valence-corrected chi connectivity index (χ0v) is 18.9. The number of benzene rings is 3. The van der Waals surface area contributed by atoms with E-state index >= 15 is 0 Å². The lowest BCUT2D eigenvalue weighted by Crippen LogP contribution is -2.39. The summed E-state index contributed by atoms with van der Waals surface area (Å²) in [6, 6.07) is 19.1. The van der Waals surface area contributed by atoms with E-state index in [1.54, 1.807) is 42.5 Å². The van der Waals surface area contributed by atoms with Crippen LogP contribution < -0.4 is 9.73 Å². The van der Waals surface area contributed by atoms with Gasteiger partial charge in [0.2, 0.25) is 0 Å². The van der Waals surface area contributed by atoms with Crippen molar-refractivity contribution in [3.8, 4) is 0 Å². The number of carboxylic acid groups (broad SMARTS) is 1. The van der Waals surface area contributed by atoms with Crippen LogP contribution in [0.25, 0.3) is 0 Å². The van der Waals surface area contributed by atoms with Crippen LogP contribution in [-0.2, 0) is 14.8 Å². The van der Waals surface area contributed by atoms with E-state index in [1.165, 1.54) is 30.5 Å². The van der Waals surface area contributed by atoms with Crippen LogP contribution in [0.3, 0.4) is 0 Å². The molecular formula is C24H23N3O5S. The molecule has 1 amide bonds. The van der Waals surface area contributed by atoms with Crippen molar-refractivity contribution in [1.82, 2.24) is 5.43 Å². The first-order valence-electron chi connectivity index (χ1n) is 9.98. The highest BCUT2D eigenvalue weighted by Crippen LogP contribution is 2.25. The molecule has 0 saturated carbocycles. The summed E-state index contributed by atoms with van der Waals surface area (Å²) in [4.78, 5) is 23.6. The smallest absolute Gasteiger partial charge is 0.335 e. The molecule has 0 atom stereocenters. The Bertz CT molecular complexity index is 1270. The number of sulfonamides is 1. The molecule has 33 heavy (non-hydrogen) atoms. The molecule has 0 saturated heterocycles. The molecule has 170 valence electrons. The van der Waals surface area contributed by atoms with E-state index < -0.39 is 28.4 Å². The molecular weight excluding hydrogens is 442 g/mol. The number of aryl methyl sites for hydroxylation is 2. The Kier molecular flexibility index (Phi) is 7.24. The van der Waals surface area contributed by atoms with Crippen LogP contribution in [-0.4, -0.2) is 38.2 Å². The molecule has 3 rings (SSSR count). The zero-order chi connectivity index (χ0) is 24.0. The summed E-state index contributed by atoms with van der Waals surface area (Å²) < 4.78 is 27.7. The van der Waals surface area contributed by atoms with Gasteiger partial charge < -0.3 is 5.11 Å². The maximum absolute atomic E-state index is 13.3. The molecule has 9 heteroatoms. The third-order valence-electron chi connectivity index (χ3n) is 4.67. The second-order valence-corrected chi connectivity index (χ2v) is 9.25. The zero-order valence-electron chi connectivity index (χ0n) is 18.1. The number of aromatic carboxylic acids is 1. The fourth-order valence-electron chi connectivity index (χ4n) is 3.19. The van der Waals surface area contributed by atoms with Crippen molar-refractivity contribution >= 4 is 33.8 Å². The number of hydrogen-bond donors (Lipinski definition) is 2. The van der Waals surface area contributed by atoms with Crippen molar-refractivity contribution in [3.05, 3.63) is 95.1 Å². The van der Waals surface area contributed by atoms with Crippen LogP contribution in [0.1, 0.15) is 27.0 Å². The number of carboxylic acids is 1. The number of hydrogen-bond acceptors (Lipinski definition) is 5. The summed E-state index contributed by atoms with van der Waals surface area (Å²) in [6.45, 7) is 3.23. The van der Waals surface area contributed by atoms with Gasteiger partial charge >= 0.3 is 5.97 Å². The van der Waals surface area contributed by atoms with Gasteiger partial charge in [0.15, 0.2) is 0 Å². The van der Waals surface area contributed by atoms with Crippen LogP contribution in [0.5, 0.6) is 0 Å². The van der Waals surface area contributed by atoms with E-state index in [-0.39, 0.29) is 10.5 Å². The number of nitrogens with zero attached hydrogens (tertiary/aromatic N) is 2. The lowest BCUT2D eigenvalue weighted by molar-refractivity contribution is -0.119. The van der Waals surface area contributed by atoms with E-state index in [0.29, 0.717) is 11.3 Å². The van der Waals surface area contributed by atoms with Crippen molar-refractivity contribution in [2.75, 3.05) is 10.8 Å². The van der Waals surface area contributed by atoms with E-state index in [4.69, 9.17) is 5.11 Å². The van der Waals surface area contributed by atoms with Gasteiger partial charge in [0, 0.05) is 0 Å². The molecule has 0 aliphatic heterocycles. The Morgan fingerprint density at radius 2 is 1.58 bits per heavy atom. The Morgan fingerprint density at radius 3 is 2.15 bits per heavy atom. The third-order valence-corrected chi connectivity index (χ3v) is 6.46. The van der Waals surface area contributed by atoms with E-state index in [9.17, 15) is 18.0 Å². The monoisotopic (exact) mass is 465 g/mol. The Morgan fingerprint density at radius 1 is 0.970 bits per heavy atom. The minimum atomic E-state index is -4.01. The molecule has 0 aliphatic carbocycles. The summed E-state index contributed by atoms with van der Waals surface area (Å²) in [6.07, 6.45) is 1.34. The lowest BCUT2D eigenvalue weighted by Gasteiger charge is -2.24. The van der Waals surface area contributed by atoms with Crippen LogP contribution >= 0.6 is 0 Å². The third kappa shape index (κ3) is 6.05. The second kappa shape index (κ2) is 10.1.